The van der Waals surface area contributed by atoms with Crippen LogP contribution in [0, 0.1) is 10.1 Å². The van der Waals surface area contributed by atoms with Crippen LogP contribution < -0.4 is 5.32 Å². The fourth-order valence-corrected chi connectivity index (χ4v) is 2.02. The molecular formula is C16H13F3N2O3. The second-order valence-electron chi connectivity index (χ2n) is 5.00. The molecule has 2 rings (SSSR count). The zero-order valence-corrected chi connectivity index (χ0v) is 12.3. The second kappa shape index (κ2) is 7.12. The number of benzene rings is 2. The summed E-state index contributed by atoms with van der Waals surface area (Å²) in [6.45, 7) is 0.262. The zero-order valence-electron chi connectivity index (χ0n) is 12.3. The number of rotatable bonds is 5. The molecule has 0 radical (unpaired) electrons. The molecule has 1 N–H and O–H groups in total. The van der Waals surface area contributed by atoms with E-state index in [2.05, 4.69) is 5.32 Å². The van der Waals surface area contributed by atoms with Crippen molar-refractivity contribution in [3.8, 4) is 0 Å². The topological polar surface area (TPSA) is 72.2 Å². The predicted octanol–water partition coefficient (Wildman–Crippen LogP) is 3.59. The fraction of sp³-hybridized carbons (Fsp3) is 0.188. The third-order valence-electron chi connectivity index (χ3n) is 3.32. The van der Waals surface area contributed by atoms with Crippen LogP contribution in [0.25, 0.3) is 0 Å². The lowest BCUT2D eigenvalue weighted by Gasteiger charge is -2.08. The molecule has 0 heterocycles. The Bertz CT molecular complexity index is 726. The molecule has 0 aliphatic carbocycles. The minimum absolute atomic E-state index is 0.0208. The summed E-state index contributed by atoms with van der Waals surface area (Å²) in [5, 5.41) is 13.1. The van der Waals surface area contributed by atoms with Crippen molar-refractivity contribution in [2.75, 3.05) is 6.54 Å². The Morgan fingerprint density at radius 3 is 2.12 bits per heavy atom. The molecule has 0 unspecified atom stereocenters. The first kappa shape index (κ1) is 17.5. The van der Waals surface area contributed by atoms with Crippen molar-refractivity contribution >= 4 is 11.6 Å². The largest absolute Gasteiger partial charge is 0.416 e. The quantitative estimate of drug-likeness (QED) is 0.669. The van der Waals surface area contributed by atoms with Crippen molar-refractivity contribution in [3.63, 3.8) is 0 Å². The number of nitro benzene ring substituents is 1. The van der Waals surface area contributed by atoms with E-state index in [9.17, 15) is 28.1 Å². The second-order valence-corrected chi connectivity index (χ2v) is 5.00. The summed E-state index contributed by atoms with van der Waals surface area (Å²) in [7, 11) is 0. The molecule has 0 aliphatic rings. The van der Waals surface area contributed by atoms with Crippen LogP contribution >= 0.6 is 0 Å². The summed E-state index contributed by atoms with van der Waals surface area (Å²) < 4.78 is 37.3. The normalized spacial score (nSPS) is 11.1. The van der Waals surface area contributed by atoms with Crippen molar-refractivity contribution < 1.29 is 22.9 Å². The van der Waals surface area contributed by atoms with Gasteiger partial charge in [-0.05, 0) is 36.2 Å². The number of amides is 1. The number of carbonyl (C=O) groups is 1. The van der Waals surface area contributed by atoms with Crippen LogP contribution in [0.2, 0.25) is 0 Å². The van der Waals surface area contributed by atoms with E-state index in [1.54, 1.807) is 12.1 Å². The summed E-state index contributed by atoms with van der Waals surface area (Å²) in [4.78, 5) is 21.9. The maximum atomic E-state index is 12.4. The molecule has 24 heavy (non-hydrogen) atoms. The maximum absolute atomic E-state index is 12.4. The summed E-state index contributed by atoms with van der Waals surface area (Å²) >= 11 is 0. The molecule has 0 fully saturated rings. The highest BCUT2D eigenvalue weighted by molar-refractivity contribution is 5.94. The number of carbonyl (C=O) groups excluding carboxylic acids is 1. The van der Waals surface area contributed by atoms with Gasteiger partial charge in [-0.1, -0.05) is 12.1 Å². The number of hydrogen-bond donors (Lipinski definition) is 1. The number of non-ortho nitro benzene ring substituents is 1. The minimum atomic E-state index is -4.44. The van der Waals surface area contributed by atoms with Crippen LogP contribution in [-0.2, 0) is 12.6 Å². The SMILES string of the molecule is O=C(NCCc1ccc([N+](=O)[O-])cc1)c1ccc(C(F)(F)F)cc1. The van der Waals surface area contributed by atoms with Gasteiger partial charge in [-0.25, -0.2) is 0 Å². The standard InChI is InChI=1S/C16H13F3N2O3/c17-16(18,19)13-5-3-12(4-6-13)15(22)20-10-9-11-1-7-14(8-2-11)21(23)24/h1-8H,9-10H2,(H,20,22). The van der Waals surface area contributed by atoms with Crippen molar-refractivity contribution in [1.82, 2.24) is 5.32 Å². The summed E-state index contributed by atoms with van der Waals surface area (Å²) in [5.41, 5.74) is 0.0949. The van der Waals surface area contributed by atoms with E-state index in [0.717, 1.165) is 29.8 Å². The third kappa shape index (κ3) is 4.55. The van der Waals surface area contributed by atoms with Gasteiger partial charge in [0.05, 0.1) is 10.5 Å². The van der Waals surface area contributed by atoms with Gasteiger partial charge < -0.3 is 5.32 Å². The van der Waals surface area contributed by atoms with E-state index < -0.39 is 22.6 Å². The number of nitro groups is 1. The van der Waals surface area contributed by atoms with Gasteiger partial charge in [0.25, 0.3) is 11.6 Å². The van der Waals surface area contributed by atoms with Crippen LogP contribution in [0.5, 0.6) is 0 Å². The lowest BCUT2D eigenvalue weighted by atomic mass is 10.1. The molecule has 5 nitrogen and oxygen atoms in total. The molecule has 0 spiro atoms. The monoisotopic (exact) mass is 338 g/mol. The Morgan fingerprint density at radius 2 is 1.62 bits per heavy atom. The first-order chi connectivity index (χ1) is 11.3. The minimum Gasteiger partial charge on any atom is -0.352 e. The van der Waals surface area contributed by atoms with Gasteiger partial charge in [0.2, 0.25) is 0 Å². The first-order valence-electron chi connectivity index (χ1n) is 6.96. The van der Waals surface area contributed by atoms with Crippen LogP contribution in [-0.4, -0.2) is 17.4 Å². The van der Waals surface area contributed by atoms with Crippen LogP contribution in [0.3, 0.4) is 0 Å². The van der Waals surface area contributed by atoms with Gasteiger partial charge in [-0.15, -0.1) is 0 Å². The molecular weight excluding hydrogens is 325 g/mol. The van der Waals surface area contributed by atoms with E-state index in [1.807, 2.05) is 0 Å². The zero-order chi connectivity index (χ0) is 17.7. The van der Waals surface area contributed by atoms with Crippen LogP contribution in [0.15, 0.2) is 48.5 Å². The Balaban J connectivity index is 1.88. The molecule has 2 aromatic rings. The number of alkyl halides is 3. The fourth-order valence-electron chi connectivity index (χ4n) is 2.02. The van der Waals surface area contributed by atoms with E-state index in [4.69, 9.17) is 0 Å². The Hall–Kier alpha value is -2.90. The van der Waals surface area contributed by atoms with Crippen LogP contribution in [0.4, 0.5) is 18.9 Å². The molecule has 0 bridgehead atoms. The molecule has 0 aromatic heterocycles. The third-order valence-corrected chi connectivity index (χ3v) is 3.32. The van der Waals surface area contributed by atoms with Gasteiger partial charge in [-0.3, -0.25) is 14.9 Å². The van der Waals surface area contributed by atoms with Gasteiger partial charge in [0, 0.05) is 24.2 Å². The van der Waals surface area contributed by atoms with Gasteiger partial charge in [0.1, 0.15) is 0 Å². The van der Waals surface area contributed by atoms with Crippen molar-refractivity contribution in [3.05, 3.63) is 75.3 Å². The predicted molar refractivity (Wildman–Crippen MR) is 80.6 cm³/mol. The smallest absolute Gasteiger partial charge is 0.352 e. The van der Waals surface area contributed by atoms with Crippen LogP contribution in [0.1, 0.15) is 21.5 Å². The van der Waals surface area contributed by atoms with E-state index >= 15 is 0 Å². The number of halogens is 3. The molecule has 0 aliphatic heterocycles. The Morgan fingerprint density at radius 1 is 1.04 bits per heavy atom. The number of hydrogen-bond acceptors (Lipinski definition) is 3. The highest BCUT2D eigenvalue weighted by atomic mass is 19.4. The van der Waals surface area contributed by atoms with Gasteiger partial charge in [-0.2, -0.15) is 13.2 Å². The lowest BCUT2D eigenvalue weighted by molar-refractivity contribution is -0.384. The molecule has 0 atom stereocenters. The maximum Gasteiger partial charge on any atom is 0.416 e. The highest BCUT2D eigenvalue weighted by Crippen LogP contribution is 2.29. The molecule has 126 valence electrons. The average molecular weight is 338 g/mol. The van der Waals surface area contributed by atoms with Crippen molar-refractivity contribution in [2.24, 2.45) is 0 Å². The Labute approximate surface area is 135 Å². The molecule has 2 aromatic carbocycles. The summed E-state index contributed by atoms with van der Waals surface area (Å²) in [5.74, 6) is -0.481. The lowest BCUT2D eigenvalue weighted by Crippen LogP contribution is -2.25. The first-order valence-corrected chi connectivity index (χ1v) is 6.96. The molecule has 1 amide bonds. The Kier molecular flexibility index (Phi) is 5.18. The molecule has 0 saturated carbocycles. The van der Waals surface area contributed by atoms with E-state index in [1.165, 1.54) is 12.1 Å². The molecule has 0 saturated heterocycles. The van der Waals surface area contributed by atoms with E-state index in [0.29, 0.717) is 6.42 Å². The van der Waals surface area contributed by atoms with E-state index in [-0.39, 0.29) is 17.8 Å². The summed E-state index contributed by atoms with van der Waals surface area (Å²) in [6.07, 6.45) is -3.99. The highest BCUT2D eigenvalue weighted by Gasteiger charge is 2.30. The van der Waals surface area contributed by atoms with Crippen molar-refractivity contribution in [1.29, 1.82) is 0 Å². The van der Waals surface area contributed by atoms with Crippen molar-refractivity contribution in [2.45, 2.75) is 12.6 Å². The number of nitrogens with zero attached hydrogens (tertiary/aromatic N) is 1. The molecule has 8 heteroatoms. The van der Waals surface area contributed by atoms with Gasteiger partial charge >= 0.3 is 6.18 Å². The van der Waals surface area contributed by atoms with Gasteiger partial charge in [0.15, 0.2) is 0 Å². The summed E-state index contributed by atoms with van der Waals surface area (Å²) in [6, 6.07) is 9.84. The average Bonchev–Trinajstić information content (AvgIpc) is 2.54. The number of nitrogens with one attached hydrogen (secondary N) is 1.